The van der Waals surface area contributed by atoms with Crippen molar-refractivity contribution >= 4 is 0 Å². The van der Waals surface area contributed by atoms with E-state index >= 15 is 0 Å². The summed E-state index contributed by atoms with van der Waals surface area (Å²) >= 11 is 0. The second-order valence-corrected chi connectivity index (χ2v) is 4.77. The molecule has 1 aromatic heterocycles. The van der Waals surface area contributed by atoms with E-state index < -0.39 is 0 Å². The van der Waals surface area contributed by atoms with Crippen LogP contribution in [0.1, 0.15) is 45.6 Å². The smallest absolute Gasteiger partial charge is 0.136 e. The van der Waals surface area contributed by atoms with Gasteiger partial charge >= 0.3 is 0 Å². The topological polar surface area (TPSA) is 26.0 Å². The summed E-state index contributed by atoms with van der Waals surface area (Å²) < 4.78 is 5.20. The van der Waals surface area contributed by atoms with Crippen LogP contribution >= 0.6 is 0 Å². The molecule has 0 amide bonds. The van der Waals surface area contributed by atoms with Crippen LogP contribution in [0.5, 0.6) is 0 Å². The van der Waals surface area contributed by atoms with Crippen molar-refractivity contribution < 1.29 is 4.52 Å². The molecule has 0 saturated carbocycles. The Hall–Kier alpha value is -0.790. The first kappa shape index (κ1) is 10.3. The molecule has 0 unspecified atom stereocenters. The molecule has 0 aliphatic rings. The Labute approximate surface area is 80.3 Å². The molecule has 1 heterocycles. The van der Waals surface area contributed by atoms with Gasteiger partial charge in [-0.2, -0.15) is 0 Å². The van der Waals surface area contributed by atoms with Crippen molar-refractivity contribution in [3.05, 3.63) is 17.5 Å². The average Bonchev–Trinajstić information content (AvgIpc) is 2.33. The molecule has 1 aromatic rings. The molecule has 0 saturated heterocycles. The van der Waals surface area contributed by atoms with Crippen LogP contribution in [0.2, 0.25) is 0 Å². The lowest BCUT2D eigenvalue weighted by Gasteiger charge is -2.14. The maximum atomic E-state index is 5.20. The van der Waals surface area contributed by atoms with E-state index in [1.165, 1.54) is 0 Å². The van der Waals surface area contributed by atoms with Crippen molar-refractivity contribution in [3.63, 3.8) is 0 Å². The molecule has 0 aliphatic carbocycles. The Bertz CT molecular complexity index is 257. The first-order valence-corrected chi connectivity index (χ1v) is 4.96. The maximum absolute atomic E-state index is 5.20. The Morgan fingerprint density at radius 3 is 2.62 bits per heavy atom. The fourth-order valence-electron chi connectivity index (χ4n) is 1.35. The summed E-state index contributed by atoms with van der Waals surface area (Å²) in [5, 5.41) is 4.05. The van der Waals surface area contributed by atoms with Gasteiger partial charge in [0, 0.05) is 12.5 Å². The van der Waals surface area contributed by atoms with Gasteiger partial charge in [0.25, 0.3) is 0 Å². The van der Waals surface area contributed by atoms with E-state index in [-0.39, 0.29) is 0 Å². The molecule has 74 valence electrons. The van der Waals surface area contributed by atoms with Crippen molar-refractivity contribution in [1.82, 2.24) is 5.16 Å². The minimum absolute atomic E-state index is 0.292. The number of aromatic nitrogens is 1. The highest BCUT2D eigenvalue weighted by Crippen LogP contribution is 2.20. The van der Waals surface area contributed by atoms with Gasteiger partial charge in [0.15, 0.2) is 0 Å². The largest absolute Gasteiger partial charge is 0.361 e. The molecule has 2 nitrogen and oxygen atoms in total. The van der Waals surface area contributed by atoms with Crippen LogP contribution in [0.25, 0.3) is 0 Å². The predicted molar refractivity (Wildman–Crippen MR) is 53.7 cm³/mol. The molecular weight excluding hydrogens is 162 g/mol. The van der Waals surface area contributed by atoms with E-state index in [9.17, 15) is 0 Å². The Kier molecular flexibility index (Phi) is 3.12. The van der Waals surface area contributed by atoms with Gasteiger partial charge in [-0.05, 0) is 18.3 Å². The second kappa shape index (κ2) is 3.95. The SMILES string of the molecule is CCCc1cc(CC(C)(C)C)no1. The number of aryl methyl sites for hydroxylation is 1. The Morgan fingerprint density at radius 2 is 2.08 bits per heavy atom. The molecule has 0 spiro atoms. The number of hydrogen-bond acceptors (Lipinski definition) is 2. The normalized spacial score (nSPS) is 12.0. The second-order valence-electron chi connectivity index (χ2n) is 4.77. The lowest BCUT2D eigenvalue weighted by molar-refractivity contribution is 0.354. The Morgan fingerprint density at radius 1 is 1.38 bits per heavy atom. The summed E-state index contributed by atoms with van der Waals surface area (Å²) in [5.74, 6) is 1.02. The van der Waals surface area contributed by atoms with Gasteiger partial charge in [-0.1, -0.05) is 32.9 Å². The maximum Gasteiger partial charge on any atom is 0.136 e. The average molecular weight is 181 g/mol. The number of rotatable bonds is 3. The highest BCUT2D eigenvalue weighted by molar-refractivity contribution is 5.06. The van der Waals surface area contributed by atoms with E-state index in [4.69, 9.17) is 4.52 Å². The van der Waals surface area contributed by atoms with E-state index in [0.29, 0.717) is 5.41 Å². The van der Waals surface area contributed by atoms with Gasteiger partial charge < -0.3 is 4.52 Å². The van der Waals surface area contributed by atoms with E-state index in [0.717, 1.165) is 30.7 Å². The van der Waals surface area contributed by atoms with Gasteiger partial charge in [-0.3, -0.25) is 0 Å². The first-order chi connectivity index (χ1) is 6.01. The molecule has 0 fully saturated rings. The van der Waals surface area contributed by atoms with Gasteiger partial charge in [0.05, 0.1) is 5.69 Å². The van der Waals surface area contributed by atoms with Gasteiger partial charge in [0.1, 0.15) is 5.76 Å². The quantitative estimate of drug-likeness (QED) is 0.715. The van der Waals surface area contributed by atoms with Gasteiger partial charge in [-0.15, -0.1) is 0 Å². The van der Waals surface area contributed by atoms with Crippen molar-refractivity contribution in [1.29, 1.82) is 0 Å². The van der Waals surface area contributed by atoms with Crippen molar-refractivity contribution in [2.45, 2.75) is 47.0 Å². The molecular formula is C11H19NO. The lowest BCUT2D eigenvalue weighted by Crippen LogP contribution is -2.09. The van der Waals surface area contributed by atoms with Crippen LogP contribution in [-0.2, 0) is 12.8 Å². The zero-order chi connectivity index (χ0) is 9.90. The highest BCUT2D eigenvalue weighted by Gasteiger charge is 2.14. The fraction of sp³-hybridized carbons (Fsp3) is 0.727. The highest BCUT2D eigenvalue weighted by atomic mass is 16.5. The molecule has 0 atom stereocenters. The van der Waals surface area contributed by atoms with Crippen LogP contribution in [-0.4, -0.2) is 5.16 Å². The monoisotopic (exact) mass is 181 g/mol. The lowest BCUT2D eigenvalue weighted by atomic mass is 9.90. The number of hydrogen-bond donors (Lipinski definition) is 0. The minimum Gasteiger partial charge on any atom is -0.361 e. The van der Waals surface area contributed by atoms with Gasteiger partial charge in [0.2, 0.25) is 0 Å². The van der Waals surface area contributed by atoms with Crippen LogP contribution in [0, 0.1) is 5.41 Å². The van der Waals surface area contributed by atoms with Crippen LogP contribution in [0.4, 0.5) is 0 Å². The first-order valence-electron chi connectivity index (χ1n) is 4.96. The van der Waals surface area contributed by atoms with Crippen molar-refractivity contribution in [2.24, 2.45) is 5.41 Å². The van der Waals surface area contributed by atoms with E-state index in [2.05, 4.69) is 38.9 Å². The summed E-state index contributed by atoms with van der Waals surface area (Å²) in [6, 6.07) is 2.08. The third-order valence-electron chi connectivity index (χ3n) is 1.82. The summed E-state index contributed by atoms with van der Waals surface area (Å²) in [7, 11) is 0. The van der Waals surface area contributed by atoms with Crippen LogP contribution in [0.15, 0.2) is 10.6 Å². The van der Waals surface area contributed by atoms with Crippen LogP contribution < -0.4 is 0 Å². The van der Waals surface area contributed by atoms with Crippen molar-refractivity contribution in [2.75, 3.05) is 0 Å². The molecule has 2 heteroatoms. The molecule has 0 N–H and O–H groups in total. The third kappa shape index (κ3) is 3.62. The van der Waals surface area contributed by atoms with E-state index in [1.807, 2.05) is 0 Å². The molecule has 0 radical (unpaired) electrons. The molecule has 1 rings (SSSR count). The molecule has 0 bridgehead atoms. The molecule has 13 heavy (non-hydrogen) atoms. The molecule has 0 aromatic carbocycles. The standard InChI is InChI=1S/C11H19NO/c1-5-6-10-7-9(12-13-10)8-11(2,3)4/h7H,5-6,8H2,1-4H3. The summed E-state index contributed by atoms with van der Waals surface area (Å²) in [6.45, 7) is 8.77. The van der Waals surface area contributed by atoms with Crippen LogP contribution in [0.3, 0.4) is 0 Å². The minimum atomic E-state index is 0.292. The summed E-state index contributed by atoms with van der Waals surface area (Å²) in [5.41, 5.74) is 1.37. The Balaban J connectivity index is 2.59. The van der Waals surface area contributed by atoms with Crippen molar-refractivity contribution in [3.8, 4) is 0 Å². The third-order valence-corrected chi connectivity index (χ3v) is 1.82. The zero-order valence-electron chi connectivity index (χ0n) is 9.05. The number of nitrogens with zero attached hydrogens (tertiary/aromatic N) is 1. The van der Waals surface area contributed by atoms with Gasteiger partial charge in [-0.25, -0.2) is 0 Å². The van der Waals surface area contributed by atoms with E-state index in [1.54, 1.807) is 0 Å². The zero-order valence-corrected chi connectivity index (χ0v) is 9.05. The predicted octanol–water partition coefficient (Wildman–Crippen LogP) is 3.22. The fourth-order valence-corrected chi connectivity index (χ4v) is 1.35. The summed E-state index contributed by atoms with van der Waals surface area (Å²) in [4.78, 5) is 0. The molecule has 0 aliphatic heterocycles. The summed E-state index contributed by atoms with van der Waals surface area (Å²) in [6.07, 6.45) is 3.10.